The van der Waals surface area contributed by atoms with Crippen molar-refractivity contribution in [1.29, 1.82) is 0 Å². The lowest BCUT2D eigenvalue weighted by Crippen LogP contribution is -2.19. The number of carbonyl (C=O) groups excluding carboxylic acids is 1. The Bertz CT molecular complexity index is 448. The van der Waals surface area contributed by atoms with Crippen molar-refractivity contribution in [2.75, 3.05) is 20.2 Å². The molecule has 1 aromatic carbocycles. The molecule has 4 heteroatoms. The Morgan fingerprint density at radius 3 is 2.71 bits per heavy atom. The predicted octanol–water partition coefficient (Wildman–Crippen LogP) is 4.55. The molecule has 0 aliphatic heterocycles. The Morgan fingerprint density at radius 2 is 2.05 bits per heavy atom. The van der Waals surface area contributed by atoms with Crippen LogP contribution in [0, 0.1) is 0 Å². The van der Waals surface area contributed by atoms with Gasteiger partial charge in [0.1, 0.15) is 0 Å². The van der Waals surface area contributed by atoms with Crippen LogP contribution in [-0.4, -0.2) is 30.5 Å². The first-order valence-corrected chi connectivity index (χ1v) is 8.21. The molecule has 0 amide bonds. The summed E-state index contributed by atoms with van der Waals surface area (Å²) in [7, 11) is 1.42. The van der Waals surface area contributed by atoms with E-state index in [4.69, 9.17) is 4.74 Å². The number of allylic oxidation sites excluding steroid dienone is 1. The molecule has 0 bridgehead atoms. The second-order valence-corrected chi connectivity index (χ2v) is 5.93. The molecule has 116 valence electrons. The first-order valence-electron chi connectivity index (χ1n) is 7.44. The topological polar surface area (TPSA) is 29.5 Å². The third-order valence-corrected chi connectivity index (χ3v) is 4.27. The van der Waals surface area contributed by atoms with Gasteiger partial charge in [-0.15, -0.1) is 6.58 Å². The number of nitrogens with zero attached hydrogens (tertiary/aromatic N) is 1. The molecule has 0 spiro atoms. The Morgan fingerprint density at radius 1 is 1.33 bits per heavy atom. The third-order valence-electron chi connectivity index (χ3n) is 3.10. The maximum atomic E-state index is 11.8. The van der Waals surface area contributed by atoms with Gasteiger partial charge in [0.05, 0.1) is 12.7 Å². The van der Waals surface area contributed by atoms with Crippen LogP contribution in [0.2, 0.25) is 0 Å². The van der Waals surface area contributed by atoms with Crippen molar-refractivity contribution in [1.82, 2.24) is 4.31 Å². The molecule has 0 unspecified atom stereocenters. The quantitative estimate of drug-likeness (QED) is 0.274. The van der Waals surface area contributed by atoms with Crippen molar-refractivity contribution in [3.8, 4) is 0 Å². The van der Waals surface area contributed by atoms with Crippen LogP contribution in [0.25, 0.3) is 0 Å². The monoisotopic (exact) mass is 307 g/mol. The van der Waals surface area contributed by atoms with Crippen molar-refractivity contribution in [3.63, 3.8) is 0 Å². The summed E-state index contributed by atoms with van der Waals surface area (Å²) in [6.07, 6.45) is 6.37. The molecule has 0 fully saturated rings. The van der Waals surface area contributed by atoms with Gasteiger partial charge in [-0.05, 0) is 43.3 Å². The second-order valence-electron chi connectivity index (χ2n) is 4.79. The maximum absolute atomic E-state index is 11.8. The summed E-state index contributed by atoms with van der Waals surface area (Å²) in [5.74, 6) is -0.278. The number of methoxy groups -OCH3 is 1. The fourth-order valence-corrected chi connectivity index (χ4v) is 3.02. The van der Waals surface area contributed by atoms with E-state index in [1.54, 1.807) is 11.9 Å². The van der Waals surface area contributed by atoms with Crippen LogP contribution in [0.15, 0.2) is 41.8 Å². The fourth-order valence-electron chi connectivity index (χ4n) is 1.91. The predicted molar refractivity (Wildman–Crippen MR) is 89.6 cm³/mol. The summed E-state index contributed by atoms with van der Waals surface area (Å²) in [6.45, 7) is 7.97. The highest BCUT2D eigenvalue weighted by molar-refractivity contribution is 7.97. The summed E-state index contributed by atoms with van der Waals surface area (Å²) in [5, 5.41) is 0. The van der Waals surface area contributed by atoms with Gasteiger partial charge in [0.15, 0.2) is 0 Å². The van der Waals surface area contributed by atoms with Crippen molar-refractivity contribution in [2.45, 2.75) is 37.5 Å². The van der Waals surface area contributed by atoms with Crippen LogP contribution in [-0.2, 0) is 4.74 Å². The molecule has 0 radical (unpaired) electrons. The second kappa shape index (κ2) is 10.5. The van der Waals surface area contributed by atoms with Crippen LogP contribution in [0.1, 0.15) is 43.0 Å². The van der Waals surface area contributed by atoms with E-state index in [1.165, 1.54) is 7.11 Å². The smallest absolute Gasteiger partial charge is 0.339 e. The molecule has 1 aromatic rings. The molecule has 0 heterocycles. The molecule has 3 nitrogen and oxygen atoms in total. The summed E-state index contributed by atoms with van der Waals surface area (Å²) >= 11 is 1.65. The fraction of sp³-hybridized carbons (Fsp3) is 0.471. The van der Waals surface area contributed by atoms with E-state index in [0.29, 0.717) is 5.56 Å². The van der Waals surface area contributed by atoms with Gasteiger partial charge in [-0.25, -0.2) is 9.10 Å². The van der Waals surface area contributed by atoms with E-state index < -0.39 is 0 Å². The minimum absolute atomic E-state index is 0.278. The van der Waals surface area contributed by atoms with E-state index in [2.05, 4.69) is 17.8 Å². The number of benzene rings is 1. The van der Waals surface area contributed by atoms with Gasteiger partial charge in [0.2, 0.25) is 0 Å². The molecule has 0 atom stereocenters. The number of hydrogen-bond acceptors (Lipinski definition) is 4. The minimum Gasteiger partial charge on any atom is -0.465 e. The van der Waals surface area contributed by atoms with Crippen molar-refractivity contribution in [2.24, 2.45) is 0 Å². The summed E-state index contributed by atoms with van der Waals surface area (Å²) < 4.78 is 7.18. The maximum Gasteiger partial charge on any atom is 0.339 e. The first-order chi connectivity index (χ1) is 10.2. The highest BCUT2D eigenvalue weighted by atomic mass is 32.2. The zero-order valence-electron chi connectivity index (χ0n) is 13.0. The van der Waals surface area contributed by atoms with Crippen molar-refractivity contribution < 1.29 is 9.53 Å². The van der Waals surface area contributed by atoms with E-state index in [1.807, 2.05) is 30.3 Å². The van der Waals surface area contributed by atoms with E-state index in [9.17, 15) is 4.79 Å². The molecule has 0 N–H and O–H groups in total. The molecule has 0 saturated heterocycles. The van der Waals surface area contributed by atoms with Gasteiger partial charge in [0, 0.05) is 18.0 Å². The van der Waals surface area contributed by atoms with Crippen LogP contribution in [0.5, 0.6) is 0 Å². The molecule has 1 rings (SSSR count). The lowest BCUT2D eigenvalue weighted by molar-refractivity contribution is 0.0596. The highest BCUT2D eigenvalue weighted by Crippen LogP contribution is 2.27. The summed E-state index contributed by atoms with van der Waals surface area (Å²) in [4.78, 5) is 12.8. The van der Waals surface area contributed by atoms with Gasteiger partial charge in [0.25, 0.3) is 0 Å². The average Bonchev–Trinajstić information content (AvgIpc) is 2.52. The standard InChI is InChI=1S/C17H25NO2S/c1-4-6-10-14-18(13-7-5-2)21-16-12-9-8-11-15(16)17(19)20-3/h4,8-9,11-12H,1,5-7,10,13-14H2,2-3H3. The van der Waals surface area contributed by atoms with Crippen molar-refractivity contribution in [3.05, 3.63) is 42.5 Å². The summed E-state index contributed by atoms with van der Waals surface area (Å²) in [6, 6.07) is 7.61. The number of ether oxygens (including phenoxy) is 1. The number of unbranched alkanes of at least 4 members (excludes halogenated alkanes) is 2. The highest BCUT2D eigenvalue weighted by Gasteiger charge is 2.14. The van der Waals surface area contributed by atoms with Crippen LogP contribution < -0.4 is 0 Å². The zero-order chi connectivity index (χ0) is 15.5. The van der Waals surface area contributed by atoms with Crippen LogP contribution in [0.3, 0.4) is 0 Å². The van der Waals surface area contributed by atoms with E-state index >= 15 is 0 Å². The first kappa shape index (κ1) is 17.8. The normalized spacial score (nSPS) is 10.6. The van der Waals surface area contributed by atoms with Gasteiger partial charge in [-0.1, -0.05) is 31.6 Å². The Hall–Kier alpha value is -1.26. The molecule has 0 saturated carbocycles. The Labute approximate surface area is 132 Å². The lowest BCUT2D eigenvalue weighted by Gasteiger charge is -2.21. The van der Waals surface area contributed by atoms with E-state index in [-0.39, 0.29) is 5.97 Å². The van der Waals surface area contributed by atoms with Crippen LogP contribution >= 0.6 is 11.9 Å². The van der Waals surface area contributed by atoms with Gasteiger partial charge in [-0.3, -0.25) is 0 Å². The number of esters is 1. The van der Waals surface area contributed by atoms with Crippen molar-refractivity contribution >= 4 is 17.9 Å². The third kappa shape index (κ3) is 6.36. The molecular weight excluding hydrogens is 282 g/mol. The Balaban J connectivity index is 2.76. The number of rotatable bonds is 10. The Kier molecular flexibility index (Phi) is 8.87. The molecular formula is C17H25NO2S. The number of hydrogen-bond donors (Lipinski definition) is 0. The molecule has 0 aliphatic carbocycles. The van der Waals surface area contributed by atoms with E-state index in [0.717, 1.165) is 43.7 Å². The SMILES string of the molecule is C=CCCCN(CCCC)Sc1ccccc1C(=O)OC. The van der Waals surface area contributed by atoms with Gasteiger partial charge in [-0.2, -0.15) is 0 Å². The van der Waals surface area contributed by atoms with Gasteiger partial charge >= 0.3 is 5.97 Å². The lowest BCUT2D eigenvalue weighted by atomic mass is 10.2. The molecule has 21 heavy (non-hydrogen) atoms. The largest absolute Gasteiger partial charge is 0.465 e. The summed E-state index contributed by atoms with van der Waals surface area (Å²) in [5.41, 5.74) is 0.634. The zero-order valence-corrected chi connectivity index (χ0v) is 13.8. The average molecular weight is 307 g/mol. The minimum atomic E-state index is -0.278. The molecule has 0 aliphatic rings. The number of carbonyl (C=O) groups is 1. The molecule has 0 aromatic heterocycles. The van der Waals surface area contributed by atoms with Crippen LogP contribution in [0.4, 0.5) is 0 Å². The van der Waals surface area contributed by atoms with Gasteiger partial charge < -0.3 is 4.74 Å².